The van der Waals surface area contributed by atoms with Crippen LogP contribution >= 0.6 is 7.82 Å². The van der Waals surface area contributed by atoms with Crippen molar-refractivity contribution in [2.75, 3.05) is 13.2 Å². The van der Waals surface area contributed by atoms with E-state index in [0.29, 0.717) is 0 Å². The van der Waals surface area contributed by atoms with Crippen molar-refractivity contribution >= 4 is 7.82 Å². The maximum Gasteiger partial charge on any atom is 0.469 e. The fourth-order valence-corrected chi connectivity index (χ4v) is 1.54. The average Bonchev–Trinajstić information content (AvgIpc) is 2.21. The zero-order valence-corrected chi connectivity index (χ0v) is 9.14. The van der Waals surface area contributed by atoms with Gasteiger partial charge < -0.3 is 35.9 Å². The van der Waals surface area contributed by atoms with Gasteiger partial charge >= 0.3 is 7.82 Å². The fraction of sp³-hybridized carbons (Fsp3) is 1.00. The lowest BCUT2D eigenvalue weighted by Gasteiger charge is -2.27. The second-order valence-corrected chi connectivity index (χ2v) is 4.29. The molecule has 0 aliphatic carbocycles. The van der Waals surface area contributed by atoms with Crippen LogP contribution in [0.1, 0.15) is 0 Å². The van der Waals surface area contributed by atoms with Crippen LogP contribution in [-0.2, 0) is 9.09 Å². The number of rotatable bonds is 7. The normalized spacial score (nSPS) is 20.2. The molecule has 0 heterocycles. The van der Waals surface area contributed by atoms with Crippen molar-refractivity contribution in [2.24, 2.45) is 5.73 Å². The van der Waals surface area contributed by atoms with E-state index < -0.39 is 45.4 Å². The number of nitrogens with two attached hydrogens (primary N) is 1. The number of aliphatic hydroxyl groups excluding tert-OH is 4. The van der Waals surface area contributed by atoms with Crippen LogP contribution in [0.15, 0.2) is 0 Å². The molecule has 0 aromatic heterocycles. The molecule has 0 aliphatic heterocycles. The molecular weight excluding hydrogens is 245 g/mol. The molecule has 0 radical (unpaired) electrons. The highest BCUT2D eigenvalue weighted by atomic mass is 31.2. The van der Waals surface area contributed by atoms with Crippen LogP contribution in [0.25, 0.3) is 0 Å². The number of phosphoric acid groups is 1. The van der Waals surface area contributed by atoms with Crippen LogP contribution in [0, 0.1) is 0 Å². The van der Waals surface area contributed by atoms with E-state index in [9.17, 15) is 14.8 Å². The molecule has 0 unspecified atom stereocenters. The lowest BCUT2D eigenvalue weighted by molar-refractivity contribution is -0.110. The van der Waals surface area contributed by atoms with Crippen molar-refractivity contribution in [1.82, 2.24) is 0 Å². The van der Waals surface area contributed by atoms with E-state index in [1.807, 2.05) is 0 Å². The van der Waals surface area contributed by atoms with E-state index in [-0.39, 0.29) is 0 Å². The van der Waals surface area contributed by atoms with Gasteiger partial charge in [0.25, 0.3) is 0 Å². The largest absolute Gasteiger partial charge is 0.469 e. The first-order valence-corrected chi connectivity index (χ1v) is 5.85. The van der Waals surface area contributed by atoms with E-state index in [0.717, 1.165) is 0 Å². The average molecular weight is 261 g/mol. The van der Waals surface area contributed by atoms with E-state index in [1.54, 1.807) is 0 Å². The maximum absolute atomic E-state index is 10.5. The second kappa shape index (κ2) is 6.60. The monoisotopic (exact) mass is 261 g/mol. The van der Waals surface area contributed by atoms with Crippen molar-refractivity contribution in [3.05, 3.63) is 0 Å². The Kier molecular flexibility index (Phi) is 6.56. The van der Waals surface area contributed by atoms with Crippen molar-refractivity contribution in [3.63, 3.8) is 0 Å². The Hall–Kier alpha value is -0.0900. The van der Waals surface area contributed by atoms with Gasteiger partial charge in [-0.05, 0) is 0 Å². The van der Waals surface area contributed by atoms with Gasteiger partial charge in [0, 0.05) is 6.54 Å². The minimum absolute atomic E-state index is 0.485. The Morgan fingerprint density at radius 2 is 1.69 bits per heavy atom. The van der Waals surface area contributed by atoms with E-state index in [4.69, 9.17) is 25.7 Å². The van der Waals surface area contributed by atoms with Crippen LogP contribution in [0.2, 0.25) is 0 Å². The van der Waals surface area contributed by atoms with Gasteiger partial charge in [0.15, 0.2) is 0 Å². The summed E-state index contributed by atoms with van der Waals surface area (Å²) < 4.78 is 14.6. The van der Waals surface area contributed by atoms with Gasteiger partial charge in [-0.3, -0.25) is 4.52 Å². The van der Waals surface area contributed by atoms with Gasteiger partial charge in [0.05, 0.1) is 6.61 Å². The predicted molar refractivity (Wildman–Crippen MR) is 51.1 cm³/mol. The molecule has 8 N–H and O–H groups in total. The lowest BCUT2D eigenvalue weighted by atomic mass is 10.0. The summed E-state index contributed by atoms with van der Waals surface area (Å²) in [4.78, 5) is 16.9. The molecule has 0 bridgehead atoms. The van der Waals surface area contributed by atoms with Gasteiger partial charge in [-0.1, -0.05) is 0 Å². The third-order valence-electron chi connectivity index (χ3n) is 1.82. The minimum Gasteiger partial charge on any atom is -0.394 e. The molecule has 0 aromatic rings. The number of hydrogen-bond donors (Lipinski definition) is 7. The molecule has 98 valence electrons. The Morgan fingerprint density at radius 1 is 1.19 bits per heavy atom. The third kappa shape index (κ3) is 5.30. The third-order valence-corrected chi connectivity index (χ3v) is 2.36. The molecule has 0 amide bonds. The van der Waals surface area contributed by atoms with E-state index in [2.05, 4.69) is 4.52 Å². The first kappa shape index (κ1) is 15.9. The zero-order valence-electron chi connectivity index (χ0n) is 8.25. The number of phosphoric ester groups is 1. The Balaban J connectivity index is 4.52. The quantitative estimate of drug-likeness (QED) is 0.229. The molecule has 0 fully saturated rings. The summed E-state index contributed by atoms with van der Waals surface area (Å²) in [6, 6.07) is 0. The maximum atomic E-state index is 10.5. The van der Waals surface area contributed by atoms with Gasteiger partial charge in [-0.25, -0.2) is 4.57 Å². The lowest BCUT2D eigenvalue weighted by Crippen LogP contribution is -2.49. The Morgan fingerprint density at radius 3 is 2.00 bits per heavy atom. The number of hydrogen-bond acceptors (Lipinski definition) is 7. The van der Waals surface area contributed by atoms with Crippen LogP contribution in [-0.4, -0.2) is 67.8 Å². The van der Waals surface area contributed by atoms with Crippen molar-refractivity contribution < 1.29 is 39.3 Å². The summed E-state index contributed by atoms with van der Waals surface area (Å²) in [7, 11) is -4.87. The van der Waals surface area contributed by atoms with Crippen LogP contribution in [0.5, 0.6) is 0 Å². The molecule has 0 saturated heterocycles. The zero-order chi connectivity index (χ0) is 12.9. The molecule has 4 atom stereocenters. The molecule has 0 rings (SSSR count). The van der Waals surface area contributed by atoms with Crippen LogP contribution in [0.4, 0.5) is 0 Å². The highest BCUT2D eigenvalue weighted by Gasteiger charge is 2.34. The van der Waals surface area contributed by atoms with Gasteiger partial charge in [-0.15, -0.1) is 0 Å². The Labute approximate surface area is 91.3 Å². The molecule has 0 aliphatic rings. The topological polar surface area (TPSA) is 174 Å². The SMILES string of the molecule is NC[C@H](OP(=O)(O)O)[C@@H](O)[C@H](O)[C@H](O)CO. The van der Waals surface area contributed by atoms with Gasteiger partial charge in [0.1, 0.15) is 24.4 Å². The van der Waals surface area contributed by atoms with E-state index in [1.165, 1.54) is 0 Å². The summed E-state index contributed by atoms with van der Waals surface area (Å²) in [6.07, 6.45) is -6.88. The predicted octanol–water partition coefficient (Wildman–Crippen LogP) is -3.50. The summed E-state index contributed by atoms with van der Waals surface area (Å²) in [6.45, 7) is -1.31. The highest BCUT2D eigenvalue weighted by molar-refractivity contribution is 7.46. The molecule has 10 heteroatoms. The fourth-order valence-electron chi connectivity index (χ4n) is 0.977. The molecule has 0 aromatic carbocycles. The standard InChI is InChI=1S/C6H16NO8P/c7-1-4(15-16(12,13)14)6(11)5(10)3(9)2-8/h3-6,8-11H,1-2,7H2,(H2,12,13,14)/t3-,4+,5-,6-/m1/s1. The first-order valence-electron chi connectivity index (χ1n) is 4.32. The first-order chi connectivity index (χ1) is 7.22. The van der Waals surface area contributed by atoms with Crippen LogP contribution < -0.4 is 5.73 Å². The molecule has 0 spiro atoms. The van der Waals surface area contributed by atoms with Crippen LogP contribution in [0.3, 0.4) is 0 Å². The molecular formula is C6H16NO8P. The molecule has 0 saturated carbocycles. The summed E-state index contributed by atoms with van der Waals surface area (Å²) in [5.41, 5.74) is 5.08. The Bertz CT molecular complexity index is 245. The minimum atomic E-state index is -4.87. The number of aliphatic hydroxyl groups is 4. The molecule has 9 nitrogen and oxygen atoms in total. The molecule has 16 heavy (non-hydrogen) atoms. The second-order valence-electron chi connectivity index (χ2n) is 3.10. The van der Waals surface area contributed by atoms with Gasteiger partial charge in [-0.2, -0.15) is 0 Å². The summed E-state index contributed by atoms with van der Waals surface area (Å²) in [5.74, 6) is 0. The van der Waals surface area contributed by atoms with Gasteiger partial charge in [0.2, 0.25) is 0 Å². The van der Waals surface area contributed by atoms with Crippen molar-refractivity contribution in [2.45, 2.75) is 24.4 Å². The highest BCUT2D eigenvalue weighted by Crippen LogP contribution is 2.38. The van der Waals surface area contributed by atoms with E-state index >= 15 is 0 Å². The smallest absolute Gasteiger partial charge is 0.394 e. The summed E-state index contributed by atoms with van der Waals surface area (Å²) in [5, 5.41) is 36.1. The summed E-state index contributed by atoms with van der Waals surface area (Å²) >= 11 is 0. The van der Waals surface area contributed by atoms with Crippen molar-refractivity contribution in [3.8, 4) is 0 Å². The van der Waals surface area contributed by atoms with Crippen molar-refractivity contribution in [1.29, 1.82) is 0 Å².